The molecule has 0 bridgehead atoms. The van der Waals surface area contributed by atoms with E-state index in [0.29, 0.717) is 16.9 Å². The quantitative estimate of drug-likeness (QED) is 0.753. The summed E-state index contributed by atoms with van der Waals surface area (Å²) in [6.07, 6.45) is 2.03. The van der Waals surface area contributed by atoms with E-state index in [1.807, 2.05) is 0 Å². The summed E-state index contributed by atoms with van der Waals surface area (Å²) in [6, 6.07) is 7.48. The number of fused-ring (bicyclic) bond motifs is 1. The van der Waals surface area contributed by atoms with Gasteiger partial charge >= 0.3 is 5.69 Å². The minimum absolute atomic E-state index is 0.0729. The van der Waals surface area contributed by atoms with Gasteiger partial charge in [-0.25, -0.2) is 4.79 Å². The van der Waals surface area contributed by atoms with Crippen molar-refractivity contribution in [2.75, 3.05) is 6.54 Å². The average molecular weight is 330 g/mol. The first-order chi connectivity index (χ1) is 11.5. The molecule has 1 fully saturated rings. The number of hydrogen-bond acceptors (Lipinski definition) is 4. The van der Waals surface area contributed by atoms with Gasteiger partial charge in [0.15, 0.2) is 0 Å². The van der Waals surface area contributed by atoms with Gasteiger partial charge < -0.3 is 10.6 Å². The first kappa shape index (κ1) is 16.4. The van der Waals surface area contributed by atoms with Gasteiger partial charge in [0, 0.05) is 25.0 Å². The maximum absolute atomic E-state index is 12.2. The second-order valence-electron chi connectivity index (χ2n) is 6.32. The lowest BCUT2D eigenvalue weighted by molar-refractivity contribution is -0.122. The van der Waals surface area contributed by atoms with Crippen LogP contribution in [-0.2, 0) is 11.3 Å². The van der Waals surface area contributed by atoms with E-state index in [2.05, 4.69) is 22.5 Å². The van der Waals surface area contributed by atoms with Crippen LogP contribution in [0.5, 0.6) is 0 Å². The number of amides is 1. The molecule has 2 unspecified atom stereocenters. The van der Waals surface area contributed by atoms with E-state index in [1.165, 1.54) is 4.57 Å². The zero-order valence-electron chi connectivity index (χ0n) is 13.7. The van der Waals surface area contributed by atoms with Gasteiger partial charge in [0.25, 0.3) is 5.56 Å². The highest BCUT2D eigenvalue weighted by molar-refractivity contribution is 5.79. The number of H-pyrrole nitrogens is 1. The van der Waals surface area contributed by atoms with Crippen LogP contribution in [0.15, 0.2) is 33.9 Å². The molecule has 2 aromatic rings. The fourth-order valence-corrected chi connectivity index (χ4v) is 3.24. The van der Waals surface area contributed by atoms with Gasteiger partial charge in [0.1, 0.15) is 0 Å². The van der Waals surface area contributed by atoms with Crippen LogP contribution in [0.3, 0.4) is 0 Å². The Balaban J connectivity index is 1.70. The zero-order valence-corrected chi connectivity index (χ0v) is 13.7. The molecule has 7 heteroatoms. The van der Waals surface area contributed by atoms with Crippen molar-refractivity contribution < 1.29 is 4.79 Å². The van der Waals surface area contributed by atoms with E-state index in [1.54, 1.807) is 24.3 Å². The lowest BCUT2D eigenvalue weighted by Crippen LogP contribution is -2.46. The van der Waals surface area contributed by atoms with Gasteiger partial charge in [-0.2, -0.15) is 0 Å². The molecule has 0 radical (unpaired) electrons. The van der Waals surface area contributed by atoms with Crippen LogP contribution in [-0.4, -0.2) is 34.1 Å². The summed E-state index contributed by atoms with van der Waals surface area (Å²) in [7, 11) is 0. The Labute approximate surface area is 139 Å². The molecule has 24 heavy (non-hydrogen) atoms. The minimum atomic E-state index is -0.484. The summed E-state index contributed by atoms with van der Waals surface area (Å²) in [5.41, 5.74) is -0.337. The Morgan fingerprint density at radius 1 is 1.33 bits per heavy atom. The smallest absolute Gasteiger partial charge is 0.328 e. The van der Waals surface area contributed by atoms with E-state index in [4.69, 9.17) is 0 Å². The number of aryl methyl sites for hydroxylation is 1. The number of nitrogens with one attached hydrogen (secondary N) is 3. The van der Waals surface area contributed by atoms with E-state index in [-0.39, 0.29) is 24.9 Å². The third-order valence-corrected chi connectivity index (χ3v) is 4.46. The molecule has 0 aliphatic carbocycles. The Bertz CT molecular complexity index is 855. The number of carbonyl (C=O) groups excluding carboxylic acids is 1. The number of aromatic nitrogens is 2. The van der Waals surface area contributed by atoms with Crippen LogP contribution >= 0.6 is 0 Å². The lowest BCUT2D eigenvalue weighted by atomic mass is 10.0. The summed E-state index contributed by atoms with van der Waals surface area (Å²) in [6.45, 7) is 3.24. The van der Waals surface area contributed by atoms with Crippen LogP contribution in [0.4, 0.5) is 0 Å². The minimum Gasteiger partial charge on any atom is -0.353 e. The van der Waals surface area contributed by atoms with Crippen molar-refractivity contribution in [3.05, 3.63) is 45.1 Å². The van der Waals surface area contributed by atoms with E-state index in [9.17, 15) is 14.4 Å². The molecule has 128 valence electrons. The first-order valence-electron chi connectivity index (χ1n) is 8.29. The SMILES string of the molecule is CC1CC(NC(=O)CCn2c(=O)[nH]c(=O)c3ccccc32)CCN1. The van der Waals surface area contributed by atoms with Crippen molar-refractivity contribution in [2.24, 2.45) is 0 Å². The van der Waals surface area contributed by atoms with Gasteiger partial charge in [-0.1, -0.05) is 12.1 Å². The molecule has 1 aromatic carbocycles. The predicted molar refractivity (Wildman–Crippen MR) is 92.1 cm³/mol. The molecule has 2 atom stereocenters. The maximum atomic E-state index is 12.2. The second-order valence-corrected chi connectivity index (χ2v) is 6.32. The largest absolute Gasteiger partial charge is 0.353 e. The number of rotatable bonds is 4. The standard InChI is InChI=1S/C17H22N4O3/c1-11-10-12(6-8-18-11)19-15(22)7-9-21-14-5-3-2-4-13(14)16(23)20-17(21)24/h2-5,11-12,18H,6-10H2,1H3,(H,19,22)(H,20,23,24). The van der Waals surface area contributed by atoms with Crippen molar-refractivity contribution >= 4 is 16.8 Å². The topological polar surface area (TPSA) is 96.0 Å². The zero-order chi connectivity index (χ0) is 17.1. The van der Waals surface area contributed by atoms with E-state index < -0.39 is 11.2 Å². The van der Waals surface area contributed by atoms with E-state index in [0.717, 1.165) is 19.4 Å². The summed E-state index contributed by atoms with van der Waals surface area (Å²) >= 11 is 0. The number of nitrogens with zero attached hydrogens (tertiary/aromatic N) is 1. The van der Waals surface area contributed by atoms with Crippen molar-refractivity contribution in [1.82, 2.24) is 20.2 Å². The number of hydrogen-bond donors (Lipinski definition) is 3. The fourth-order valence-electron chi connectivity index (χ4n) is 3.24. The number of para-hydroxylation sites is 1. The van der Waals surface area contributed by atoms with Crippen molar-refractivity contribution in [2.45, 2.75) is 44.8 Å². The first-order valence-corrected chi connectivity index (χ1v) is 8.29. The fraction of sp³-hybridized carbons (Fsp3) is 0.471. The Morgan fingerprint density at radius 3 is 2.92 bits per heavy atom. The van der Waals surface area contributed by atoms with Crippen LogP contribution in [0.1, 0.15) is 26.2 Å². The maximum Gasteiger partial charge on any atom is 0.328 e. The molecule has 1 saturated heterocycles. The Kier molecular flexibility index (Phi) is 4.80. The highest BCUT2D eigenvalue weighted by atomic mass is 16.2. The molecular weight excluding hydrogens is 308 g/mol. The molecule has 1 amide bonds. The molecular formula is C17H22N4O3. The molecule has 2 heterocycles. The van der Waals surface area contributed by atoms with Crippen LogP contribution < -0.4 is 21.9 Å². The van der Waals surface area contributed by atoms with Crippen LogP contribution in [0.25, 0.3) is 10.9 Å². The van der Waals surface area contributed by atoms with Gasteiger partial charge in [-0.15, -0.1) is 0 Å². The lowest BCUT2D eigenvalue weighted by Gasteiger charge is -2.28. The Morgan fingerprint density at radius 2 is 2.12 bits per heavy atom. The third kappa shape index (κ3) is 3.56. The molecule has 3 N–H and O–H groups in total. The highest BCUT2D eigenvalue weighted by Crippen LogP contribution is 2.09. The second kappa shape index (κ2) is 7.00. The van der Waals surface area contributed by atoms with Crippen LogP contribution in [0, 0.1) is 0 Å². The van der Waals surface area contributed by atoms with E-state index >= 15 is 0 Å². The highest BCUT2D eigenvalue weighted by Gasteiger charge is 2.19. The summed E-state index contributed by atoms with van der Waals surface area (Å²) in [4.78, 5) is 38.4. The number of benzene rings is 1. The van der Waals surface area contributed by atoms with Gasteiger partial charge in [0.05, 0.1) is 10.9 Å². The number of piperidine rings is 1. The monoisotopic (exact) mass is 330 g/mol. The predicted octanol–water partition coefficient (Wildman–Crippen LogP) is 0.337. The van der Waals surface area contributed by atoms with Gasteiger partial charge in [0.2, 0.25) is 5.91 Å². The van der Waals surface area contributed by atoms with Crippen LogP contribution in [0.2, 0.25) is 0 Å². The summed E-state index contributed by atoms with van der Waals surface area (Å²) < 4.78 is 1.45. The number of aromatic amines is 1. The van der Waals surface area contributed by atoms with Crippen molar-refractivity contribution in [3.63, 3.8) is 0 Å². The molecule has 0 saturated carbocycles. The van der Waals surface area contributed by atoms with Crippen molar-refractivity contribution in [1.29, 1.82) is 0 Å². The molecule has 1 aliphatic rings. The molecule has 0 spiro atoms. The average Bonchev–Trinajstić information content (AvgIpc) is 2.54. The van der Waals surface area contributed by atoms with Crippen molar-refractivity contribution in [3.8, 4) is 0 Å². The Hall–Kier alpha value is -2.41. The van der Waals surface area contributed by atoms with Gasteiger partial charge in [-0.05, 0) is 38.4 Å². The molecule has 1 aliphatic heterocycles. The summed E-state index contributed by atoms with van der Waals surface area (Å²) in [5, 5.41) is 6.83. The number of carbonyl (C=O) groups is 1. The normalized spacial score (nSPS) is 20.9. The molecule has 3 rings (SSSR count). The molecule has 1 aromatic heterocycles. The van der Waals surface area contributed by atoms with Gasteiger partial charge in [-0.3, -0.25) is 19.1 Å². The summed E-state index contributed by atoms with van der Waals surface area (Å²) in [5.74, 6) is -0.0729. The third-order valence-electron chi connectivity index (χ3n) is 4.46. The molecule has 7 nitrogen and oxygen atoms in total.